The fraction of sp³-hybridized carbons (Fsp3) is 0.600. The summed E-state index contributed by atoms with van der Waals surface area (Å²) >= 11 is 1.77. The Hall–Kier alpha value is -1.56. The minimum atomic E-state index is -0.150. The molecule has 0 aliphatic heterocycles. The zero-order chi connectivity index (χ0) is 15.3. The van der Waals surface area contributed by atoms with E-state index in [1.807, 2.05) is 13.8 Å². The van der Waals surface area contributed by atoms with Crippen LogP contribution in [0.1, 0.15) is 31.6 Å². The highest BCUT2D eigenvalue weighted by Crippen LogP contribution is 2.07. The number of esters is 1. The molecule has 1 aromatic heterocycles. The van der Waals surface area contributed by atoms with E-state index in [0.29, 0.717) is 26.0 Å². The van der Waals surface area contributed by atoms with Crippen LogP contribution in [0.2, 0.25) is 0 Å². The maximum atomic E-state index is 11.2. The summed E-state index contributed by atoms with van der Waals surface area (Å²) in [5.74, 6) is 0.654. The summed E-state index contributed by atoms with van der Waals surface area (Å²) in [5, 5.41) is 8.59. The second kappa shape index (κ2) is 11.1. The van der Waals surface area contributed by atoms with Crippen molar-refractivity contribution in [3.8, 4) is 0 Å². The van der Waals surface area contributed by atoms with Crippen LogP contribution >= 0.6 is 11.3 Å². The van der Waals surface area contributed by atoms with Gasteiger partial charge in [0.05, 0.1) is 6.61 Å². The van der Waals surface area contributed by atoms with Gasteiger partial charge in [0.2, 0.25) is 0 Å². The minimum absolute atomic E-state index is 0.150. The molecule has 6 heteroatoms. The lowest BCUT2D eigenvalue weighted by atomic mass is 10.3. The van der Waals surface area contributed by atoms with Crippen molar-refractivity contribution in [2.75, 3.05) is 26.2 Å². The molecule has 0 saturated carbocycles. The molecule has 2 N–H and O–H groups in total. The van der Waals surface area contributed by atoms with Crippen LogP contribution in [0.3, 0.4) is 0 Å². The molecule has 0 unspecified atom stereocenters. The van der Waals surface area contributed by atoms with Gasteiger partial charge >= 0.3 is 5.97 Å². The Morgan fingerprint density at radius 2 is 2.24 bits per heavy atom. The zero-order valence-corrected chi connectivity index (χ0v) is 13.7. The Kier molecular flexibility index (Phi) is 9.28. The molecule has 0 saturated heterocycles. The summed E-state index contributed by atoms with van der Waals surface area (Å²) in [6.07, 6.45) is 2.12. The lowest BCUT2D eigenvalue weighted by Gasteiger charge is -2.10. The SMILES string of the molecule is CCNC(=NCCCC(=O)OCC)NCCc1cccs1. The third kappa shape index (κ3) is 8.34. The number of carbonyl (C=O) groups is 1. The molecular weight excluding hydrogens is 286 g/mol. The predicted molar refractivity (Wildman–Crippen MR) is 87.9 cm³/mol. The molecule has 0 aliphatic rings. The molecule has 5 nitrogen and oxygen atoms in total. The quantitative estimate of drug-likeness (QED) is 0.318. The standard InChI is InChI=1S/C15H25N3O2S/c1-3-16-15(17-10-5-8-14(19)20-4-2)18-11-9-13-7-6-12-21-13/h6-7,12H,3-5,8-11H2,1-2H3,(H2,16,17,18). The number of ether oxygens (including phenoxy) is 1. The fourth-order valence-corrected chi connectivity index (χ4v) is 2.46. The van der Waals surface area contributed by atoms with Crippen LogP contribution in [-0.2, 0) is 16.0 Å². The van der Waals surface area contributed by atoms with Crippen LogP contribution in [0.25, 0.3) is 0 Å². The van der Waals surface area contributed by atoms with Gasteiger partial charge in [0, 0.05) is 30.9 Å². The number of carbonyl (C=O) groups excluding carboxylic acids is 1. The van der Waals surface area contributed by atoms with Crippen LogP contribution < -0.4 is 10.6 Å². The van der Waals surface area contributed by atoms with Gasteiger partial charge in [-0.2, -0.15) is 0 Å². The van der Waals surface area contributed by atoms with Crippen LogP contribution in [0.4, 0.5) is 0 Å². The molecule has 0 radical (unpaired) electrons. The number of nitrogens with zero attached hydrogens (tertiary/aromatic N) is 1. The van der Waals surface area contributed by atoms with Crippen LogP contribution in [0, 0.1) is 0 Å². The van der Waals surface area contributed by atoms with Crippen molar-refractivity contribution < 1.29 is 9.53 Å². The number of guanidine groups is 1. The second-order valence-electron chi connectivity index (χ2n) is 4.43. The smallest absolute Gasteiger partial charge is 0.305 e. The third-order valence-corrected chi connectivity index (χ3v) is 3.64. The van der Waals surface area contributed by atoms with Gasteiger partial charge in [0.1, 0.15) is 0 Å². The number of hydrogen-bond donors (Lipinski definition) is 2. The highest BCUT2D eigenvalue weighted by Gasteiger charge is 2.01. The number of thiophene rings is 1. The molecule has 1 heterocycles. The topological polar surface area (TPSA) is 62.7 Å². The van der Waals surface area contributed by atoms with E-state index in [2.05, 4.69) is 33.1 Å². The fourth-order valence-electron chi connectivity index (χ4n) is 1.75. The average molecular weight is 311 g/mol. The third-order valence-electron chi connectivity index (χ3n) is 2.70. The van der Waals surface area contributed by atoms with E-state index in [1.165, 1.54) is 4.88 Å². The van der Waals surface area contributed by atoms with Gasteiger partial charge in [0.15, 0.2) is 5.96 Å². The highest BCUT2D eigenvalue weighted by atomic mass is 32.1. The van der Waals surface area contributed by atoms with E-state index in [-0.39, 0.29) is 5.97 Å². The lowest BCUT2D eigenvalue weighted by Crippen LogP contribution is -2.38. The van der Waals surface area contributed by atoms with Gasteiger partial charge in [0.25, 0.3) is 0 Å². The largest absolute Gasteiger partial charge is 0.466 e. The molecule has 0 atom stereocenters. The number of nitrogens with one attached hydrogen (secondary N) is 2. The van der Waals surface area contributed by atoms with E-state index in [0.717, 1.165) is 25.5 Å². The summed E-state index contributed by atoms with van der Waals surface area (Å²) in [4.78, 5) is 17.0. The van der Waals surface area contributed by atoms with Gasteiger partial charge in [-0.25, -0.2) is 0 Å². The molecular formula is C15H25N3O2S. The van der Waals surface area contributed by atoms with Crippen molar-refractivity contribution in [2.24, 2.45) is 4.99 Å². The minimum Gasteiger partial charge on any atom is -0.466 e. The van der Waals surface area contributed by atoms with Crippen molar-refractivity contribution in [3.05, 3.63) is 22.4 Å². The van der Waals surface area contributed by atoms with Crippen molar-refractivity contribution in [1.29, 1.82) is 0 Å². The normalized spacial score (nSPS) is 11.2. The summed E-state index contributed by atoms with van der Waals surface area (Å²) < 4.78 is 4.89. The summed E-state index contributed by atoms with van der Waals surface area (Å²) in [6.45, 7) is 6.58. The first kappa shape index (κ1) is 17.5. The Bertz CT molecular complexity index is 419. The molecule has 0 aliphatic carbocycles. The number of rotatable bonds is 9. The first-order valence-corrected chi connectivity index (χ1v) is 8.34. The molecule has 1 aromatic rings. The lowest BCUT2D eigenvalue weighted by molar-refractivity contribution is -0.143. The van der Waals surface area contributed by atoms with Gasteiger partial charge in [-0.1, -0.05) is 6.07 Å². The van der Waals surface area contributed by atoms with Gasteiger partial charge in [-0.05, 0) is 38.1 Å². The number of aliphatic imine (C=N–C) groups is 1. The van der Waals surface area contributed by atoms with E-state index >= 15 is 0 Å². The van der Waals surface area contributed by atoms with Crippen LogP contribution in [-0.4, -0.2) is 38.2 Å². The summed E-state index contributed by atoms with van der Waals surface area (Å²) in [6, 6.07) is 4.20. The van der Waals surface area contributed by atoms with E-state index in [1.54, 1.807) is 11.3 Å². The predicted octanol–water partition coefficient (Wildman–Crippen LogP) is 2.19. The highest BCUT2D eigenvalue weighted by molar-refractivity contribution is 7.09. The van der Waals surface area contributed by atoms with Crippen LogP contribution in [0.15, 0.2) is 22.5 Å². The molecule has 0 amide bonds. The van der Waals surface area contributed by atoms with Gasteiger partial charge in [-0.3, -0.25) is 9.79 Å². The van der Waals surface area contributed by atoms with Crippen LogP contribution in [0.5, 0.6) is 0 Å². The van der Waals surface area contributed by atoms with Crippen molar-refractivity contribution in [3.63, 3.8) is 0 Å². The van der Waals surface area contributed by atoms with Gasteiger partial charge < -0.3 is 15.4 Å². The van der Waals surface area contributed by atoms with Crippen molar-refractivity contribution >= 4 is 23.3 Å². The summed E-state index contributed by atoms with van der Waals surface area (Å²) in [5.41, 5.74) is 0. The maximum Gasteiger partial charge on any atom is 0.305 e. The first-order chi connectivity index (χ1) is 10.3. The molecule has 0 aromatic carbocycles. The monoisotopic (exact) mass is 311 g/mol. The second-order valence-corrected chi connectivity index (χ2v) is 5.46. The Morgan fingerprint density at radius 1 is 1.38 bits per heavy atom. The Morgan fingerprint density at radius 3 is 2.90 bits per heavy atom. The van der Waals surface area contributed by atoms with E-state index in [4.69, 9.17) is 4.74 Å². The average Bonchev–Trinajstić information content (AvgIpc) is 2.97. The van der Waals surface area contributed by atoms with E-state index in [9.17, 15) is 4.79 Å². The summed E-state index contributed by atoms with van der Waals surface area (Å²) in [7, 11) is 0. The molecule has 0 fully saturated rings. The zero-order valence-electron chi connectivity index (χ0n) is 12.9. The van der Waals surface area contributed by atoms with Gasteiger partial charge in [-0.15, -0.1) is 11.3 Å². The first-order valence-electron chi connectivity index (χ1n) is 7.46. The molecule has 0 spiro atoms. The molecule has 21 heavy (non-hydrogen) atoms. The van der Waals surface area contributed by atoms with Crippen molar-refractivity contribution in [2.45, 2.75) is 33.1 Å². The van der Waals surface area contributed by atoms with Crippen molar-refractivity contribution in [1.82, 2.24) is 10.6 Å². The Labute approximate surface area is 130 Å². The number of hydrogen-bond acceptors (Lipinski definition) is 4. The van der Waals surface area contributed by atoms with E-state index < -0.39 is 0 Å². The molecule has 1 rings (SSSR count). The Balaban J connectivity index is 2.23. The molecule has 0 bridgehead atoms. The molecule has 118 valence electrons. The maximum absolute atomic E-state index is 11.2.